The molecule has 0 spiro atoms. The molecular weight excluding hydrogens is 251 g/mol. The first-order valence-electron chi connectivity index (χ1n) is 5.83. The Kier molecular flexibility index (Phi) is 3.62. The van der Waals surface area contributed by atoms with Crippen molar-refractivity contribution >= 4 is 11.6 Å². The van der Waals surface area contributed by atoms with Crippen molar-refractivity contribution in [2.75, 3.05) is 0 Å². The zero-order valence-corrected chi connectivity index (χ0v) is 11.3. The van der Waals surface area contributed by atoms with Crippen molar-refractivity contribution in [2.45, 2.75) is 27.2 Å². The number of rotatable bonds is 2. The lowest BCUT2D eigenvalue weighted by atomic mass is 10.0. The largest absolute Gasteiger partial charge is 0.233 e. The molecule has 4 heteroatoms. The molecule has 0 saturated carbocycles. The maximum atomic E-state index is 13.6. The highest BCUT2D eigenvalue weighted by Gasteiger charge is 2.14. The van der Waals surface area contributed by atoms with Gasteiger partial charge in [-0.3, -0.25) is 0 Å². The van der Waals surface area contributed by atoms with E-state index in [4.69, 9.17) is 11.6 Å². The normalized spacial score (nSPS) is 10.7. The summed E-state index contributed by atoms with van der Waals surface area (Å²) in [5.41, 5.74) is 2.84. The highest BCUT2D eigenvalue weighted by molar-refractivity contribution is 6.30. The molecule has 0 aliphatic rings. The van der Waals surface area contributed by atoms with E-state index in [1.165, 1.54) is 6.07 Å². The van der Waals surface area contributed by atoms with Gasteiger partial charge in [0.2, 0.25) is 0 Å². The van der Waals surface area contributed by atoms with E-state index >= 15 is 0 Å². The van der Waals surface area contributed by atoms with E-state index in [2.05, 4.69) is 9.97 Å². The van der Waals surface area contributed by atoms with Crippen molar-refractivity contribution in [1.29, 1.82) is 0 Å². The Morgan fingerprint density at radius 3 is 2.56 bits per heavy atom. The van der Waals surface area contributed by atoms with Gasteiger partial charge in [-0.25, -0.2) is 14.4 Å². The van der Waals surface area contributed by atoms with Crippen LogP contribution in [0.1, 0.15) is 23.9 Å². The van der Waals surface area contributed by atoms with Crippen LogP contribution in [0.4, 0.5) is 4.39 Å². The molecule has 0 unspecified atom stereocenters. The Bertz CT molecular complexity index is 597. The van der Waals surface area contributed by atoms with Crippen molar-refractivity contribution in [3.8, 4) is 11.3 Å². The Labute approximate surface area is 111 Å². The van der Waals surface area contributed by atoms with Crippen LogP contribution in [0.25, 0.3) is 11.3 Å². The number of hydrogen-bond acceptors (Lipinski definition) is 2. The summed E-state index contributed by atoms with van der Waals surface area (Å²) in [6.45, 7) is 5.55. The Morgan fingerprint density at radius 1 is 1.17 bits per heavy atom. The predicted octanol–water partition coefficient (Wildman–Crippen LogP) is 4.12. The molecule has 1 aromatic heterocycles. The summed E-state index contributed by atoms with van der Waals surface area (Å²) in [6, 6.07) is 4.97. The van der Waals surface area contributed by atoms with Gasteiger partial charge in [-0.2, -0.15) is 0 Å². The summed E-state index contributed by atoms with van der Waals surface area (Å²) < 4.78 is 13.6. The second-order valence-corrected chi connectivity index (χ2v) is 4.53. The van der Waals surface area contributed by atoms with E-state index in [9.17, 15) is 4.39 Å². The third kappa shape index (κ3) is 2.23. The molecule has 1 heterocycles. The monoisotopic (exact) mass is 264 g/mol. The fourth-order valence-electron chi connectivity index (χ4n) is 1.82. The number of benzene rings is 1. The third-order valence-electron chi connectivity index (χ3n) is 2.97. The second kappa shape index (κ2) is 5.02. The second-order valence-electron chi connectivity index (χ2n) is 4.17. The Morgan fingerprint density at radius 2 is 1.89 bits per heavy atom. The first-order chi connectivity index (χ1) is 8.54. The predicted molar refractivity (Wildman–Crippen MR) is 71.3 cm³/mol. The van der Waals surface area contributed by atoms with Crippen LogP contribution in [0.2, 0.25) is 5.15 Å². The van der Waals surface area contributed by atoms with Crippen molar-refractivity contribution in [2.24, 2.45) is 0 Å². The van der Waals surface area contributed by atoms with Crippen LogP contribution in [-0.4, -0.2) is 9.97 Å². The summed E-state index contributed by atoms with van der Waals surface area (Å²) in [5, 5.41) is 0.431. The van der Waals surface area contributed by atoms with Gasteiger partial charge in [0.25, 0.3) is 0 Å². The molecule has 1 aromatic carbocycles. The quantitative estimate of drug-likeness (QED) is 0.763. The smallest absolute Gasteiger partial charge is 0.136 e. The van der Waals surface area contributed by atoms with Gasteiger partial charge >= 0.3 is 0 Å². The number of aryl methyl sites for hydroxylation is 1. The maximum absolute atomic E-state index is 13.6. The topological polar surface area (TPSA) is 25.8 Å². The lowest BCUT2D eigenvalue weighted by Crippen LogP contribution is -2.01. The molecular formula is C14H14ClFN2. The summed E-state index contributed by atoms with van der Waals surface area (Å²) in [5.74, 6) is 0.434. The Balaban J connectivity index is 2.70. The van der Waals surface area contributed by atoms with E-state index in [1.54, 1.807) is 13.0 Å². The average molecular weight is 265 g/mol. The van der Waals surface area contributed by atoms with Gasteiger partial charge in [-0.1, -0.05) is 30.7 Å². The van der Waals surface area contributed by atoms with Crippen LogP contribution in [0.15, 0.2) is 18.2 Å². The lowest BCUT2D eigenvalue weighted by Gasteiger charge is -2.11. The van der Waals surface area contributed by atoms with E-state index in [1.807, 2.05) is 19.9 Å². The molecule has 0 amide bonds. The van der Waals surface area contributed by atoms with Crippen LogP contribution in [-0.2, 0) is 6.42 Å². The molecule has 0 atom stereocenters. The summed E-state index contributed by atoms with van der Waals surface area (Å²) in [4.78, 5) is 8.65. The van der Waals surface area contributed by atoms with Gasteiger partial charge in [0, 0.05) is 17.5 Å². The molecule has 0 bridgehead atoms. The van der Waals surface area contributed by atoms with Crippen molar-refractivity contribution in [1.82, 2.24) is 9.97 Å². The first kappa shape index (κ1) is 13.0. The van der Waals surface area contributed by atoms with Crippen molar-refractivity contribution < 1.29 is 4.39 Å². The van der Waals surface area contributed by atoms with Crippen molar-refractivity contribution in [3.05, 3.63) is 46.1 Å². The van der Waals surface area contributed by atoms with E-state index < -0.39 is 0 Å². The van der Waals surface area contributed by atoms with Crippen molar-refractivity contribution in [3.63, 3.8) is 0 Å². The highest BCUT2D eigenvalue weighted by atomic mass is 35.5. The molecule has 2 nitrogen and oxygen atoms in total. The molecule has 0 radical (unpaired) electrons. The molecule has 0 saturated heterocycles. The van der Waals surface area contributed by atoms with Crippen LogP contribution < -0.4 is 0 Å². The molecule has 18 heavy (non-hydrogen) atoms. The van der Waals surface area contributed by atoms with Gasteiger partial charge < -0.3 is 0 Å². The minimum absolute atomic E-state index is 0.236. The SMILES string of the molecule is CCc1nc(Cl)c(C)c(-c2cccc(F)c2C)n1. The van der Waals surface area contributed by atoms with Gasteiger partial charge in [0.1, 0.15) is 16.8 Å². The zero-order valence-electron chi connectivity index (χ0n) is 10.6. The molecule has 2 rings (SSSR count). The molecule has 0 fully saturated rings. The summed E-state index contributed by atoms with van der Waals surface area (Å²) >= 11 is 6.09. The number of aromatic nitrogens is 2. The van der Waals surface area contributed by atoms with E-state index in [0.717, 1.165) is 11.1 Å². The molecule has 0 N–H and O–H groups in total. The first-order valence-corrected chi connectivity index (χ1v) is 6.21. The fraction of sp³-hybridized carbons (Fsp3) is 0.286. The van der Waals surface area contributed by atoms with Gasteiger partial charge in [0.15, 0.2) is 0 Å². The minimum Gasteiger partial charge on any atom is -0.233 e. The maximum Gasteiger partial charge on any atom is 0.136 e. The summed E-state index contributed by atoms with van der Waals surface area (Å²) in [7, 11) is 0. The molecule has 2 aromatic rings. The Hall–Kier alpha value is -1.48. The molecule has 0 aliphatic carbocycles. The van der Waals surface area contributed by atoms with E-state index in [0.29, 0.717) is 28.7 Å². The van der Waals surface area contributed by atoms with Crippen LogP contribution >= 0.6 is 11.6 Å². The fourth-order valence-corrected chi connectivity index (χ4v) is 2.00. The number of halogens is 2. The number of nitrogens with zero attached hydrogens (tertiary/aromatic N) is 2. The van der Waals surface area contributed by atoms with Crippen LogP contribution in [0, 0.1) is 19.7 Å². The standard InChI is InChI=1S/C14H14ClFN2/c1-4-12-17-13(9(3)14(15)18-12)10-6-5-7-11(16)8(10)2/h5-7H,4H2,1-3H3. The highest BCUT2D eigenvalue weighted by Crippen LogP contribution is 2.29. The number of hydrogen-bond donors (Lipinski definition) is 0. The van der Waals surface area contributed by atoms with Gasteiger partial charge in [0.05, 0.1) is 5.69 Å². The van der Waals surface area contributed by atoms with Crippen LogP contribution in [0.5, 0.6) is 0 Å². The van der Waals surface area contributed by atoms with Gasteiger partial charge in [-0.05, 0) is 25.5 Å². The van der Waals surface area contributed by atoms with E-state index in [-0.39, 0.29) is 5.82 Å². The zero-order chi connectivity index (χ0) is 13.3. The average Bonchev–Trinajstić information content (AvgIpc) is 2.36. The summed E-state index contributed by atoms with van der Waals surface area (Å²) in [6.07, 6.45) is 0.696. The molecule has 0 aliphatic heterocycles. The lowest BCUT2D eigenvalue weighted by molar-refractivity contribution is 0.619. The van der Waals surface area contributed by atoms with Gasteiger partial charge in [-0.15, -0.1) is 0 Å². The third-order valence-corrected chi connectivity index (χ3v) is 3.34. The molecule has 94 valence electrons. The van der Waals surface area contributed by atoms with Crippen LogP contribution in [0.3, 0.4) is 0 Å². The minimum atomic E-state index is -0.236.